The number of benzene rings is 1. The minimum absolute atomic E-state index is 0.0395. The highest BCUT2D eigenvalue weighted by molar-refractivity contribution is 7.99. The van der Waals surface area contributed by atoms with Gasteiger partial charge in [-0.25, -0.2) is 0 Å². The number of aromatic nitrogens is 5. The van der Waals surface area contributed by atoms with Crippen molar-refractivity contribution >= 4 is 29.0 Å². The first kappa shape index (κ1) is 22.0. The molecule has 4 aromatic rings. The lowest BCUT2D eigenvalue weighted by Crippen LogP contribution is -2.32. The summed E-state index contributed by atoms with van der Waals surface area (Å²) in [7, 11) is 1.61. The van der Waals surface area contributed by atoms with Crippen molar-refractivity contribution in [3.63, 3.8) is 0 Å². The molecular formula is C21H22N6O3S2. The van der Waals surface area contributed by atoms with Gasteiger partial charge < -0.3 is 14.1 Å². The number of thioether (sulfide) groups is 1. The molecule has 0 bridgehead atoms. The molecule has 1 aromatic carbocycles. The summed E-state index contributed by atoms with van der Waals surface area (Å²) in [6.45, 7) is 2.89. The van der Waals surface area contributed by atoms with E-state index in [2.05, 4.69) is 20.4 Å². The van der Waals surface area contributed by atoms with Crippen molar-refractivity contribution in [1.82, 2.24) is 29.9 Å². The molecule has 0 saturated heterocycles. The van der Waals surface area contributed by atoms with Gasteiger partial charge in [-0.1, -0.05) is 36.9 Å². The Kier molecular flexibility index (Phi) is 7.17. The van der Waals surface area contributed by atoms with E-state index in [4.69, 9.17) is 9.15 Å². The molecule has 0 aliphatic heterocycles. The average molecular weight is 471 g/mol. The second-order valence-corrected chi connectivity index (χ2v) is 8.63. The summed E-state index contributed by atoms with van der Waals surface area (Å²) in [4.78, 5) is 15.6. The molecule has 0 aliphatic rings. The van der Waals surface area contributed by atoms with Gasteiger partial charge in [-0.15, -0.1) is 31.7 Å². The van der Waals surface area contributed by atoms with E-state index >= 15 is 0 Å². The number of ether oxygens (including phenoxy) is 1. The van der Waals surface area contributed by atoms with Crippen LogP contribution < -0.4 is 4.74 Å². The highest BCUT2D eigenvalue weighted by Crippen LogP contribution is 2.27. The van der Waals surface area contributed by atoms with Crippen LogP contribution >= 0.6 is 23.1 Å². The third kappa shape index (κ3) is 5.00. The molecule has 3 heterocycles. The number of carbonyl (C=O) groups is 1. The molecule has 1 amide bonds. The number of amides is 1. The first-order valence-electron chi connectivity index (χ1n) is 9.99. The van der Waals surface area contributed by atoms with Crippen LogP contribution in [0.5, 0.6) is 5.75 Å². The third-order valence-corrected chi connectivity index (χ3v) is 6.34. The lowest BCUT2D eigenvalue weighted by atomic mass is 10.3. The molecule has 0 radical (unpaired) electrons. The fourth-order valence-electron chi connectivity index (χ4n) is 3.08. The molecule has 3 aromatic heterocycles. The van der Waals surface area contributed by atoms with Crippen molar-refractivity contribution in [3.8, 4) is 22.2 Å². The van der Waals surface area contributed by atoms with Crippen LogP contribution in [0.25, 0.3) is 16.5 Å². The highest BCUT2D eigenvalue weighted by atomic mass is 32.2. The maximum atomic E-state index is 13.0. The van der Waals surface area contributed by atoms with Gasteiger partial charge in [0.25, 0.3) is 5.89 Å². The molecule has 9 nitrogen and oxygen atoms in total. The van der Waals surface area contributed by atoms with E-state index < -0.39 is 0 Å². The quantitative estimate of drug-likeness (QED) is 0.322. The summed E-state index contributed by atoms with van der Waals surface area (Å²) >= 11 is 2.85. The van der Waals surface area contributed by atoms with Crippen LogP contribution in [0, 0.1) is 0 Å². The SMILES string of the molecule is CCCN(Cc1nnc(-c2cccs2)o1)C(=O)CSc1nncn1-c1ccccc1OC. The van der Waals surface area contributed by atoms with Crippen LogP contribution in [0.2, 0.25) is 0 Å². The van der Waals surface area contributed by atoms with Gasteiger partial charge in [-0.2, -0.15) is 0 Å². The second kappa shape index (κ2) is 10.4. The zero-order valence-electron chi connectivity index (χ0n) is 17.7. The van der Waals surface area contributed by atoms with Gasteiger partial charge in [-0.3, -0.25) is 9.36 Å². The Morgan fingerprint density at radius 1 is 1.22 bits per heavy atom. The van der Waals surface area contributed by atoms with Crippen molar-refractivity contribution in [3.05, 3.63) is 54.0 Å². The zero-order valence-corrected chi connectivity index (χ0v) is 19.3. The lowest BCUT2D eigenvalue weighted by molar-refractivity contribution is -0.129. The number of hydrogen-bond donors (Lipinski definition) is 0. The Bertz CT molecular complexity index is 1160. The molecule has 166 valence electrons. The third-order valence-electron chi connectivity index (χ3n) is 4.56. The van der Waals surface area contributed by atoms with Crippen LogP contribution in [0.15, 0.2) is 57.7 Å². The van der Waals surface area contributed by atoms with Crippen LogP contribution in [-0.4, -0.2) is 55.2 Å². The maximum absolute atomic E-state index is 13.0. The predicted molar refractivity (Wildman–Crippen MR) is 122 cm³/mol. The van der Waals surface area contributed by atoms with E-state index in [0.717, 1.165) is 17.0 Å². The number of rotatable bonds is 10. The normalized spacial score (nSPS) is 10.9. The van der Waals surface area contributed by atoms with Gasteiger partial charge in [0.1, 0.15) is 12.1 Å². The molecule has 11 heteroatoms. The molecule has 0 saturated carbocycles. The number of carbonyl (C=O) groups excluding carboxylic acids is 1. The van der Waals surface area contributed by atoms with E-state index in [1.165, 1.54) is 23.1 Å². The number of para-hydroxylation sites is 2. The van der Waals surface area contributed by atoms with Gasteiger partial charge >= 0.3 is 0 Å². The smallest absolute Gasteiger partial charge is 0.257 e. The van der Waals surface area contributed by atoms with Crippen LogP contribution in [-0.2, 0) is 11.3 Å². The Hall–Kier alpha value is -3.18. The van der Waals surface area contributed by atoms with Crippen LogP contribution in [0.4, 0.5) is 0 Å². The molecule has 0 aliphatic carbocycles. The number of nitrogens with zero attached hydrogens (tertiary/aromatic N) is 6. The average Bonchev–Trinajstić information content (AvgIpc) is 3.58. The molecule has 0 fully saturated rings. The Morgan fingerprint density at radius 2 is 2.09 bits per heavy atom. The van der Waals surface area contributed by atoms with E-state index in [0.29, 0.717) is 29.2 Å². The van der Waals surface area contributed by atoms with E-state index in [9.17, 15) is 4.79 Å². The van der Waals surface area contributed by atoms with Crippen molar-refractivity contribution in [2.24, 2.45) is 0 Å². The summed E-state index contributed by atoms with van der Waals surface area (Å²) in [6, 6.07) is 11.4. The number of methoxy groups -OCH3 is 1. The maximum Gasteiger partial charge on any atom is 0.257 e. The molecule has 0 N–H and O–H groups in total. The predicted octanol–water partition coefficient (Wildman–Crippen LogP) is 3.92. The van der Waals surface area contributed by atoms with Crippen LogP contribution in [0.3, 0.4) is 0 Å². The van der Waals surface area contributed by atoms with E-state index in [-0.39, 0.29) is 18.2 Å². The summed E-state index contributed by atoms with van der Waals surface area (Å²) in [5, 5.41) is 18.9. The minimum Gasteiger partial charge on any atom is -0.495 e. The topological polar surface area (TPSA) is 99.2 Å². The second-order valence-electron chi connectivity index (χ2n) is 6.74. The van der Waals surface area contributed by atoms with E-state index in [1.54, 1.807) is 18.3 Å². The number of hydrogen-bond acceptors (Lipinski definition) is 9. The summed E-state index contributed by atoms with van der Waals surface area (Å²) < 4.78 is 13.0. The summed E-state index contributed by atoms with van der Waals surface area (Å²) in [5.41, 5.74) is 0.812. The van der Waals surface area contributed by atoms with Crippen molar-refractivity contribution in [2.75, 3.05) is 19.4 Å². The standard InChI is InChI=1S/C21H22N6O3S2/c1-3-10-26(12-18-23-24-20(30-18)17-9-6-11-31-17)19(28)13-32-21-25-22-14-27(21)15-7-4-5-8-16(15)29-2/h4-9,11,14H,3,10,12-13H2,1-2H3. The minimum atomic E-state index is -0.0395. The fraction of sp³-hybridized carbons (Fsp3) is 0.286. The van der Waals surface area contributed by atoms with Crippen LogP contribution in [0.1, 0.15) is 19.2 Å². The number of thiophene rings is 1. The Balaban J connectivity index is 1.43. The van der Waals surface area contributed by atoms with E-state index in [1.807, 2.05) is 53.3 Å². The largest absolute Gasteiger partial charge is 0.495 e. The zero-order chi connectivity index (χ0) is 22.3. The molecule has 4 rings (SSSR count). The van der Waals surface area contributed by atoms with Gasteiger partial charge in [0, 0.05) is 6.54 Å². The molecule has 0 spiro atoms. The molecule has 32 heavy (non-hydrogen) atoms. The highest BCUT2D eigenvalue weighted by Gasteiger charge is 2.20. The fourth-order valence-corrected chi connectivity index (χ4v) is 4.55. The van der Waals surface area contributed by atoms with Gasteiger partial charge in [0.05, 0.1) is 30.0 Å². The van der Waals surface area contributed by atoms with Crippen molar-refractivity contribution < 1.29 is 13.9 Å². The van der Waals surface area contributed by atoms with Gasteiger partial charge in [0.2, 0.25) is 11.8 Å². The summed E-state index contributed by atoms with van der Waals surface area (Å²) in [5.74, 6) is 1.75. The first-order valence-corrected chi connectivity index (χ1v) is 11.9. The monoisotopic (exact) mass is 470 g/mol. The molecule has 0 atom stereocenters. The van der Waals surface area contributed by atoms with Gasteiger partial charge in [0.15, 0.2) is 5.16 Å². The van der Waals surface area contributed by atoms with Crippen molar-refractivity contribution in [2.45, 2.75) is 25.0 Å². The van der Waals surface area contributed by atoms with Gasteiger partial charge in [-0.05, 0) is 30.0 Å². The van der Waals surface area contributed by atoms with Crippen molar-refractivity contribution in [1.29, 1.82) is 0 Å². The molecular weight excluding hydrogens is 448 g/mol. The lowest BCUT2D eigenvalue weighted by Gasteiger charge is -2.20. The molecule has 0 unspecified atom stereocenters. The Morgan fingerprint density at radius 3 is 2.88 bits per heavy atom. The Labute approximate surface area is 193 Å². The first-order chi connectivity index (χ1) is 15.7. The summed E-state index contributed by atoms with van der Waals surface area (Å²) in [6.07, 6.45) is 2.43.